The fourth-order valence-corrected chi connectivity index (χ4v) is 6.41. The Balaban J connectivity index is 1.26. The molecule has 2 bridgehead atoms. The molecule has 3 aliphatic carbocycles. The zero-order valence-electron chi connectivity index (χ0n) is 17.8. The summed E-state index contributed by atoms with van der Waals surface area (Å²) in [6.07, 6.45) is 7.20. The minimum absolute atomic E-state index is 0.163. The van der Waals surface area contributed by atoms with Crippen LogP contribution in [0.5, 0.6) is 0 Å². The number of carboxylic acid groups (broad SMARTS) is 1. The van der Waals surface area contributed by atoms with E-state index in [0.717, 1.165) is 25.2 Å². The SMILES string of the molecule is CC1CC2CC(C)C3(OOC4(CCC5(CC4)OCC(C)(C(=O)O)CO5)O3)C(C1)C2. The number of rotatable bonds is 1. The molecule has 29 heavy (non-hydrogen) atoms. The first-order chi connectivity index (χ1) is 13.7. The Morgan fingerprint density at radius 1 is 0.897 bits per heavy atom. The quantitative estimate of drug-likeness (QED) is 0.657. The van der Waals surface area contributed by atoms with E-state index in [1.165, 1.54) is 6.42 Å². The van der Waals surface area contributed by atoms with Crippen molar-refractivity contribution in [3.63, 3.8) is 0 Å². The molecule has 1 N–H and O–H groups in total. The van der Waals surface area contributed by atoms with Crippen LogP contribution in [-0.2, 0) is 28.8 Å². The Morgan fingerprint density at radius 3 is 2.21 bits per heavy atom. The van der Waals surface area contributed by atoms with Crippen molar-refractivity contribution in [1.82, 2.24) is 0 Å². The smallest absolute Gasteiger partial charge is 0.314 e. The maximum atomic E-state index is 11.4. The highest BCUT2D eigenvalue weighted by atomic mass is 17.3. The predicted molar refractivity (Wildman–Crippen MR) is 101 cm³/mol. The van der Waals surface area contributed by atoms with E-state index in [4.69, 9.17) is 24.0 Å². The predicted octanol–water partition coefficient (Wildman–Crippen LogP) is 3.86. The van der Waals surface area contributed by atoms with Crippen molar-refractivity contribution in [2.75, 3.05) is 13.2 Å². The van der Waals surface area contributed by atoms with Gasteiger partial charge in [-0.15, -0.1) is 0 Å². The molecule has 2 heterocycles. The van der Waals surface area contributed by atoms with Gasteiger partial charge in [-0.25, -0.2) is 0 Å². The standard InChI is InChI=1S/C22H34O7/c1-14-8-16-10-15(2)22(17(9-14)11-16)27-21(28-29-22)6-4-20(5-7-21)25-12-19(3,13-26-20)18(23)24/h14-17H,4-13H2,1-3H3,(H,23,24). The second-order valence-corrected chi connectivity index (χ2v) is 10.8. The summed E-state index contributed by atoms with van der Waals surface area (Å²) in [5.41, 5.74) is -0.986. The van der Waals surface area contributed by atoms with Crippen LogP contribution in [0, 0.1) is 29.1 Å². The summed E-state index contributed by atoms with van der Waals surface area (Å²) in [5, 5.41) is 9.39. The molecule has 3 saturated carbocycles. The normalized spacial score (nSPS) is 54.9. The van der Waals surface area contributed by atoms with Crippen molar-refractivity contribution in [3.05, 3.63) is 0 Å². The van der Waals surface area contributed by atoms with Crippen LogP contribution in [0.3, 0.4) is 0 Å². The van der Waals surface area contributed by atoms with Gasteiger partial charge in [-0.1, -0.05) is 13.8 Å². The number of carbonyl (C=O) groups is 1. The van der Waals surface area contributed by atoms with Gasteiger partial charge < -0.3 is 19.3 Å². The third-order valence-electron chi connectivity index (χ3n) is 8.25. The number of aliphatic carboxylic acids is 1. The third-order valence-corrected chi connectivity index (χ3v) is 8.25. The van der Waals surface area contributed by atoms with Gasteiger partial charge in [0.1, 0.15) is 5.41 Å². The number of fused-ring (bicyclic) bond motifs is 3. The molecule has 2 aliphatic heterocycles. The first-order valence-electron chi connectivity index (χ1n) is 11.3. The van der Waals surface area contributed by atoms with Crippen LogP contribution in [-0.4, -0.2) is 41.7 Å². The molecule has 5 atom stereocenters. The van der Waals surface area contributed by atoms with Crippen LogP contribution in [0.4, 0.5) is 0 Å². The average molecular weight is 411 g/mol. The first-order valence-corrected chi connectivity index (χ1v) is 11.3. The summed E-state index contributed by atoms with van der Waals surface area (Å²) in [6, 6.07) is 0. The minimum atomic E-state index is -0.986. The zero-order valence-corrected chi connectivity index (χ0v) is 17.8. The van der Waals surface area contributed by atoms with Crippen LogP contribution < -0.4 is 0 Å². The van der Waals surface area contributed by atoms with Gasteiger partial charge >= 0.3 is 5.97 Å². The van der Waals surface area contributed by atoms with Crippen LogP contribution in [0.25, 0.3) is 0 Å². The van der Waals surface area contributed by atoms with Crippen molar-refractivity contribution >= 4 is 5.97 Å². The number of hydrogen-bond donors (Lipinski definition) is 1. The number of ether oxygens (including phenoxy) is 3. The first kappa shape index (κ1) is 20.2. The molecule has 7 heteroatoms. The molecular formula is C22H34O7. The lowest BCUT2D eigenvalue weighted by Crippen LogP contribution is -2.57. The molecule has 0 aromatic rings. The molecule has 0 aromatic heterocycles. The Bertz CT molecular complexity index is 656. The van der Waals surface area contributed by atoms with Gasteiger partial charge in [-0.3, -0.25) is 4.79 Å². The molecule has 164 valence electrons. The molecule has 7 nitrogen and oxygen atoms in total. The molecule has 2 saturated heterocycles. The fourth-order valence-electron chi connectivity index (χ4n) is 6.41. The molecule has 0 amide bonds. The lowest BCUT2D eigenvalue weighted by Gasteiger charge is -2.51. The number of carboxylic acids is 1. The van der Waals surface area contributed by atoms with Gasteiger partial charge in [0, 0.05) is 37.5 Å². The lowest BCUT2D eigenvalue weighted by atomic mass is 9.62. The zero-order chi connectivity index (χ0) is 20.5. The summed E-state index contributed by atoms with van der Waals surface area (Å²) in [7, 11) is 0. The van der Waals surface area contributed by atoms with E-state index in [9.17, 15) is 9.90 Å². The fraction of sp³-hybridized carbons (Fsp3) is 0.955. The van der Waals surface area contributed by atoms with Crippen LogP contribution in [0.1, 0.15) is 72.1 Å². The topological polar surface area (TPSA) is 83.5 Å². The van der Waals surface area contributed by atoms with E-state index in [1.54, 1.807) is 6.92 Å². The van der Waals surface area contributed by atoms with E-state index in [2.05, 4.69) is 13.8 Å². The largest absolute Gasteiger partial charge is 0.481 e. The molecule has 0 aromatic carbocycles. The highest BCUT2D eigenvalue weighted by molar-refractivity contribution is 5.74. The van der Waals surface area contributed by atoms with Gasteiger partial charge in [0.2, 0.25) is 11.6 Å². The van der Waals surface area contributed by atoms with Gasteiger partial charge in [0.05, 0.1) is 13.2 Å². The second-order valence-electron chi connectivity index (χ2n) is 10.8. The van der Waals surface area contributed by atoms with E-state index in [1.807, 2.05) is 0 Å². The Morgan fingerprint density at radius 2 is 1.55 bits per heavy atom. The highest BCUT2D eigenvalue weighted by Crippen LogP contribution is 2.59. The summed E-state index contributed by atoms with van der Waals surface area (Å²) in [4.78, 5) is 23.5. The Kier molecular flexibility index (Phi) is 4.62. The van der Waals surface area contributed by atoms with Crippen molar-refractivity contribution in [2.45, 2.75) is 89.5 Å². The van der Waals surface area contributed by atoms with Gasteiger partial charge in [0.15, 0.2) is 5.79 Å². The van der Waals surface area contributed by atoms with Crippen molar-refractivity contribution < 1.29 is 33.9 Å². The van der Waals surface area contributed by atoms with Crippen LogP contribution in [0.2, 0.25) is 0 Å². The average Bonchev–Trinajstić information content (AvgIpc) is 3.06. The van der Waals surface area contributed by atoms with Crippen LogP contribution in [0.15, 0.2) is 0 Å². The molecule has 5 unspecified atom stereocenters. The summed E-state index contributed by atoms with van der Waals surface area (Å²) in [5.74, 6) is -0.820. The summed E-state index contributed by atoms with van der Waals surface area (Å²) >= 11 is 0. The Labute approximate surface area is 172 Å². The van der Waals surface area contributed by atoms with Crippen molar-refractivity contribution in [3.8, 4) is 0 Å². The van der Waals surface area contributed by atoms with E-state index >= 15 is 0 Å². The lowest BCUT2D eigenvalue weighted by molar-refractivity contribution is -0.388. The highest BCUT2D eigenvalue weighted by Gasteiger charge is 2.64. The summed E-state index contributed by atoms with van der Waals surface area (Å²) in [6.45, 7) is 6.56. The minimum Gasteiger partial charge on any atom is -0.481 e. The summed E-state index contributed by atoms with van der Waals surface area (Å²) < 4.78 is 18.7. The monoisotopic (exact) mass is 410 g/mol. The van der Waals surface area contributed by atoms with Crippen molar-refractivity contribution in [1.29, 1.82) is 0 Å². The maximum absolute atomic E-state index is 11.4. The van der Waals surface area contributed by atoms with Gasteiger partial charge in [0.25, 0.3) is 0 Å². The molecular weight excluding hydrogens is 376 g/mol. The molecule has 5 fully saturated rings. The molecule has 5 rings (SSSR count). The third kappa shape index (κ3) is 3.16. The molecule has 5 aliphatic rings. The molecule has 3 spiro atoms. The van der Waals surface area contributed by atoms with Gasteiger partial charge in [-0.05, 0) is 44.4 Å². The number of hydrogen-bond acceptors (Lipinski definition) is 6. The second kappa shape index (κ2) is 6.63. The Hall–Kier alpha value is -0.730. The van der Waals surface area contributed by atoms with E-state index < -0.39 is 28.7 Å². The van der Waals surface area contributed by atoms with Gasteiger partial charge in [-0.2, -0.15) is 9.78 Å². The molecule has 0 radical (unpaired) electrons. The maximum Gasteiger partial charge on any atom is 0.314 e. The van der Waals surface area contributed by atoms with E-state index in [0.29, 0.717) is 43.4 Å². The van der Waals surface area contributed by atoms with Crippen LogP contribution >= 0.6 is 0 Å². The van der Waals surface area contributed by atoms with E-state index in [-0.39, 0.29) is 13.2 Å². The van der Waals surface area contributed by atoms with Crippen molar-refractivity contribution in [2.24, 2.45) is 29.1 Å².